The lowest BCUT2D eigenvalue weighted by molar-refractivity contribution is -0.119. The van der Waals surface area contributed by atoms with Crippen LogP contribution in [0, 0.1) is 5.82 Å². The monoisotopic (exact) mass is 222 g/mol. The average Bonchev–Trinajstić information content (AvgIpc) is 2.52. The van der Waals surface area contributed by atoms with Gasteiger partial charge in [-0.15, -0.1) is 0 Å². The molecule has 1 heterocycles. The zero-order chi connectivity index (χ0) is 11.7. The summed E-state index contributed by atoms with van der Waals surface area (Å²) in [7, 11) is 0. The molecule has 1 aliphatic heterocycles. The van der Waals surface area contributed by atoms with Crippen LogP contribution in [0.5, 0.6) is 0 Å². The first-order valence-electron chi connectivity index (χ1n) is 5.53. The fraction of sp³-hybridized carbons (Fsp3) is 0.417. The highest BCUT2D eigenvalue weighted by molar-refractivity contribution is 6.04. The van der Waals surface area contributed by atoms with E-state index in [1.807, 2.05) is 13.8 Å². The fourth-order valence-electron chi connectivity index (χ4n) is 2.14. The molecule has 0 spiro atoms. The summed E-state index contributed by atoms with van der Waals surface area (Å²) in [6, 6.07) is 4.11. The third kappa shape index (κ3) is 1.59. The van der Waals surface area contributed by atoms with Crippen LogP contribution in [0.25, 0.3) is 0 Å². The summed E-state index contributed by atoms with van der Waals surface area (Å²) in [6.07, 6.45) is 0. The van der Waals surface area contributed by atoms with E-state index in [0.29, 0.717) is 13.1 Å². The summed E-state index contributed by atoms with van der Waals surface area (Å²) in [4.78, 5) is 13.7. The van der Waals surface area contributed by atoms with Crippen molar-refractivity contribution in [2.24, 2.45) is 0 Å². The second kappa shape index (κ2) is 4.22. The van der Waals surface area contributed by atoms with Crippen molar-refractivity contribution in [3.63, 3.8) is 0 Å². The van der Waals surface area contributed by atoms with Gasteiger partial charge in [0.05, 0.1) is 0 Å². The molecule has 86 valence electrons. The van der Waals surface area contributed by atoms with Gasteiger partial charge in [0, 0.05) is 17.8 Å². The zero-order valence-corrected chi connectivity index (χ0v) is 9.46. The van der Waals surface area contributed by atoms with Crippen LogP contribution in [-0.2, 0) is 4.79 Å². The second-order valence-corrected chi connectivity index (χ2v) is 3.78. The number of nitrogens with one attached hydrogen (secondary N) is 1. The van der Waals surface area contributed by atoms with Crippen LogP contribution in [0.1, 0.15) is 25.5 Å². The van der Waals surface area contributed by atoms with E-state index >= 15 is 0 Å². The van der Waals surface area contributed by atoms with Crippen molar-refractivity contribution in [2.75, 3.05) is 18.0 Å². The lowest BCUT2D eigenvalue weighted by Crippen LogP contribution is -2.34. The quantitative estimate of drug-likeness (QED) is 0.846. The SMILES string of the molecule is CCNC1C(=O)N(CC)c2ccc(F)cc21. The molecule has 1 unspecified atom stereocenters. The summed E-state index contributed by atoms with van der Waals surface area (Å²) in [6.45, 7) is 5.14. The van der Waals surface area contributed by atoms with E-state index in [2.05, 4.69) is 5.32 Å². The number of likely N-dealkylation sites (N-methyl/N-ethyl adjacent to an activating group) is 2. The van der Waals surface area contributed by atoms with Gasteiger partial charge in [-0.1, -0.05) is 6.92 Å². The molecular formula is C12H15FN2O. The van der Waals surface area contributed by atoms with Crippen molar-refractivity contribution < 1.29 is 9.18 Å². The number of halogens is 1. The predicted octanol–water partition coefficient (Wildman–Crippen LogP) is 1.84. The van der Waals surface area contributed by atoms with Crippen molar-refractivity contribution in [3.05, 3.63) is 29.6 Å². The minimum Gasteiger partial charge on any atom is -0.311 e. The normalized spacial score (nSPS) is 19.1. The Morgan fingerprint density at radius 3 is 2.81 bits per heavy atom. The molecule has 0 radical (unpaired) electrons. The topological polar surface area (TPSA) is 32.3 Å². The molecule has 0 saturated heterocycles. The molecule has 1 aromatic rings. The molecule has 16 heavy (non-hydrogen) atoms. The summed E-state index contributed by atoms with van der Waals surface area (Å²) in [5, 5.41) is 3.08. The minimum atomic E-state index is -0.393. The number of amides is 1. The number of anilines is 1. The Morgan fingerprint density at radius 2 is 2.19 bits per heavy atom. The highest BCUT2D eigenvalue weighted by Gasteiger charge is 2.35. The standard InChI is InChI=1S/C12H15FN2O/c1-3-14-11-9-7-8(13)5-6-10(9)15(4-2)12(11)16/h5-7,11,14H,3-4H2,1-2H3. The average molecular weight is 222 g/mol. The molecular weight excluding hydrogens is 207 g/mol. The van der Waals surface area contributed by atoms with Gasteiger partial charge in [-0.05, 0) is 31.7 Å². The Labute approximate surface area is 94.3 Å². The van der Waals surface area contributed by atoms with E-state index in [0.717, 1.165) is 11.3 Å². The predicted molar refractivity (Wildman–Crippen MR) is 60.8 cm³/mol. The number of hydrogen-bond donors (Lipinski definition) is 1. The molecule has 2 rings (SSSR count). The summed E-state index contributed by atoms with van der Waals surface area (Å²) < 4.78 is 13.2. The van der Waals surface area contributed by atoms with Crippen LogP contribution in [0.15, 0.2) is 18.2 Å². The van der Waals surface area contributed by atoms with Gasteiger partial charge < -0.3 is 10.2 Å². The Kier molecular flexibility index (Phi) is 2.92. The van der Waals surface area contributed by atoms with Crippen LogP contribution in [0.4, 0.5) is 10.1 Å². The molecule has 1 N–H and O–H groups in total. The molecule has 1 aliphatic rings. The molecule has 1 amide bonds. The molecule has 1 atom stereocenters. The Hall–Kier alpha value is -1.42. The maximum Gasteiger partial charge on any atom is 0.248 e. The van der Waals surface area contributed by atoms with Gasteiger partial charge in [0.25, 0.3) is 0 Å². The molecule has 3 nitrogen and oxygen atoms in total. The van der Waals surface area contributed by atoms with Crippen molar-refractivity contribution in [1.29, 1.82) is 0 Å². The Morgan fingerprint density at radius 1 is 1.44 bits per heavy atom. The van der Waals surface area contributed by atoms with E-state index in [-0.39, 0.29) is 11.7 Å². The van der Waals surface area contributed by atoms with Gasteiger partial charge >= 0.3 is 0 Å². The van der Waals surface area contributed by atoms with E-state index in [9.17, 15) is 9.18 Å². The molecule has 4 heteroatoms. The van der Waals surface area contributed by atoms with Gasteiger partial charge in [-0.2, -0.15) is 0 Å². The van der Waals surface area contributed by atoms with Crippen molar-refractivity contribution >= 4 is 11.6 Å². The molecule has 0 aromatic heterocycles. The van der Waals surface area contributed by atoms with E-state index in [1.54, 1.807) is 11.0 Å². The Bertz CT molecular complexity index is 419. The maximum atomic E-state index is 13.2. The third-order valence-electron chi connectivity index (χ3n) is 2.83. The van der Waals surface area contributed by atoms with Crippen LogP contribution >= 0.6 is 0 Å². The summed E-state index contributed by atoms with van der Waals surface area (Å²) in [5.41, 5.74) is 1.56. The van der Waals surface area contributed by atoms with E-state index in [4.69, 9.17) is 0 Å². The first-order valence-corrected chi connectivity index (χ1v) is 5.53. The van der Waals surface area contributed by atoms with Gasteiger partial charge in [0.2, 0.25) is 5.91 Å². The number of rotatable bonds is 3. The maximum absolute atomic E-state index is 13.2. The largest absolute Gasteiger partial charge is 0.311 e. The van der Waals surface area contributed by atoms with Gasteiger partial charge in [0.15, 0.2) is 0 Å². The molecule has 0 fully saturated rings. The Balaban J connectivity index is 2.46. The number of nitrogens with zero attached hydrogens (tertiary/aromatic N) is 1. The first-order chi connectivity index (χ1) is 7.69. The molecule has 1 aromatic carbocycles. The molecule has 0 bridgehead atoms. The zero-order valence-electron chi connectivity index (χ0n) is 9.46. The van der Waals surface area contributed by atoms with Gasteiger partial charge in [-0.25, -0.2) is 4.39 Å². The summed E-state index contributed by atoms with van der Waals surface area (Å²) >= 11 is 0. The highest BCUT2D eigenvalue weighted by atomic mass is 19.1. The highest BCUT2D eigenvalue weighted by Crippen LogP contribution is 2.35. The number of fused-ring (bicyclic) bond motifs is 1. The smallest absolute Gasteiger partial charge is 0.248 e. The van der Waals surface area contributed by atoms with Crippen LogP contribution in [-0.4, -0.2) is 19.0 Å². The van der Waals surface area contributed by atoms with Crippen LogP contribution in [0.2, 0.25) is 0 Å². The number of benzene rings is 1. The van der Waals surface area contributed by atoms with Crippen molar-refractivity contribution in [1.82, 2.24) is 5.32 Å². The number of hydrogen-bond acceptors (Lipinski definition) is 2. The lowest BCUT2D eigenvalue weighted by atomic mass is 10.1. The van der Waals surface area contributed by atoms with E-state index < -0.39 is 6.04 Å². The third-order valence-corrected chi connectivity index (χ3v) is 2.83. The number of carbonyl (C=O) groups excluding carboxylic acids is 1. The van der Waals surface area contributed by atoms with E-state index in [1.165, 1.54) is 12.1 Å². The summed E-state index contributed by atoms with van der Waals surface area (Å²) in [5.74, 6) is -0.294. The van der Waals surface area contributed by atoms with Crippen molar-refractivity contribution in [2.45, 2.75) is 19.9 Å². The van der Waals surface area contributed by atoms with Crippen LogP contribution < -0.4 is 10.2 Å². The van der Waals surface area contributed by atoms with Crippen LogP contribution in [0.3, 0.4) is 0 Å². The first kappa shape index (κ1) is 11.1. The van der Waals surface area contributed by atoms with Gasteiger partial charge in [-0.3, -0.25) is 4.79 Å². The number of carbonyl (C=O) groups is 1. The fourth-order valence-corrected chi connectivity index (χ4v) is 2.14. The van der Waals surface area contributed by atoms with Gasteiger partial charge in [0.1, 0.15) is 11.9 Å². The molecule has 0 saturated carbocycles. The van der Waals surface area contributed by atoms with Crippen molar-refractivity contribution in [3.8, 4) is 0 Å². The molecule has 0 aliphatic carbocycles. The minimum absolute atomic E-state index is 0.00458. The second-order valence-electron chi connectivity index (χ2n) is 3.78. The lowest BCUT2D eigenvalue weighted by Gasteiger charge is -2.15.